The molecule has 0 saturated carbocycles. The normalized spacial score (nSPS) is 17.7. The van der Waals surface area contributed by atoms with Crippen molar-refractivity contribution in [3.63, 3.8) is 0 Å². The number of amides is 12. The molecule has 96 heavy (non-hydrogen) atoms. The Morgan fingerprint density at radius 1 is 0.823 bits per heavy atom. The van der Waals surface area contributed by atoms with Crippen LogP contribution in [-0.2, 0) is 70.4 Å². The van der Waals surface area contributed by atoms with Gasteiger partial charge in [-0.25, -0.2) is 14.6 Å². The van der Waals surface area contributed by atoms with E-state index in [2.05, 4.69) is 54.8 Å². The Labute approximate surface area is 573 Å². The van der Waals surface area contributed by atoms with Crippen LogP contribution in [0.15, 0.2) is 66.2 Å². The first-order chi connectivity index (χ1) is 45.5. The molecule has 3 heterocycles. The number of unbranched alkanes of at least 4 members (excludes halogenated alkanes) is 2. The topological polar surface area (TPSA) is 348 Å². The van der Waals surface area contributed by atoms with Crippen LogP contribution >= 0.6 is 24.0 Å². The number of hydrogen-bond donors (Lipinski definition) is 9. The number of carbonyl (C=O) groups is 11. The van der Waals surface area contributed by atoms with E-state index in [4.69, 9.17) is 19.9 Å². The number of alkyl carbamates (subject to hydrolysis) is 1. The molecule has 26 nitrogen and oxygen atoms in total. The zero-order valence-electron chi connectivity index (χ0n) is 57.6. The molecule has 5 rings (SSSR count). The van der Waals surface area contributed by atoms with Gasteiger partial charge in [0.05, 0.1) is 47.9 Å². The van der Waals surface area contributed by atoms with Crippen LogP contribution in [0, 0.1) is 23.7 Å². The molecule has 530 valence electrons. The van der Waals surface area contributed by atoms with Gasteiger partial charge in [-0.05, 0) is 99.8 Å². The Morgan fingerprint density at radius 2 is 1.51 bits per heavy atom. The van der Waals surface area contributed by atoms with Crippen molar-refractivity contribution in [3.8, 4) is 0 Å². The van der Waals surface area contributed by atoms with Gasteiger partial charge in [-0.1, -0.05) is 104 Å². The van der Waals surface area contributed by atoms with E-state index in [1.807, 2.05) is 56.5 Å². The summed E-state index contributed by atoms with van der Waals surface area (Å²) in [6, 6.07) is 10.8. The lowest BCUT2D eigenvalue weighted by molar-refractivity contribution is -0.148. The van der Waals surface area contributed by atoms with Gasteiger partial charge in [-0.3, -0.25) is 48.1 Å². The number of aromatic nitrogens is 1. The molecule has 2 aromatic carbocycles. The van der Waals surface area contributed by atoms with E-state index in [1.165, 1.54) is 37.2 Å². The van der Waals surface area contributed by atoms with Gasteiger partial charge in [0, 0.05) is 71.0 Å². The summed E-state index contributed by atoms with van der Waals surface area (Å²) >= 11 is 5.61. The van der Waals surface area contributed by atoms with Gasteiger partial charge < -0.3 is 67.0 Å². The number of methoxy groups -OCH3 is 2. The van der Waals surface area contributed by atoms with Crippen LogP contribution in [0.5, 0.6) is 0 Å². The average molecular weight is 1380 g/mol. The third kappa shape index (κ3) is 23.3. The number of nitrogens with two attached hydrogens (primary N) is 1. The van der Waals surface area contributed by atoms with Crippen LogP contribution in [0.4, 0.5) is 15.3 Å². The zero-order chi connectivity index (χ0) is 71.0. The molecule has 2 aliphatic heterocycles. The van der Waals surface area contributed by atoms with Crippen LogP contribution in [0.25, 0.3) is 0 Å². The Balaban J connectivity index is 1.15. The van der Waals surface area contributed by atoms with Crippen LogP contribution in [0.3, 0.4) is 0 Å². The summed E-state index contributed by atoms with van der Waals surface area (Å²) in [6.07, 6.45) is 3.76. The summed E-state index contributed by atoms with van der Waals surface area (Å²) in [5, 5.41) is 21.5. The number of thiol groups is 1. The highest BCUT2D eigenvalue weighted by Gasteiger charge is 2.44. The number of urea groups is 1. The van der Waals surface area contributed by atoms with E-state index in [-0.39, 0.29) is 93.3 Å². The maximum absolute atomic E-state index is 14.7. The Bertz CT molecular complexity index is 3090. The number of nitrogens with one attached hydrogen (secondary N) is 7. The second-order valence-electron chi connectivity index (χ2n) is 26.1. The van der Waals surface area contributed by atoms with Crippen molar-refractivity contribution in [3.05, 3.63) is 82.3 Å². The number of benzene rings is 2. The minimum absolute atomic E-state index is 0.0635. The molecule has 9 N–H and O–H groups in total. The number of thiazole rings is 1. The van der Waals surface area contributed by atoms with E-state index >= 15 is 0 Å². The first kappa shape index (κ1) is 79.0. The molecule has 2 aliphatic rings. The summed E-state index contributed by atoms with van der Waals surface area (Å²) in [5.74, 6) is -5.33. The maximum atomic E-state index is 14.7. The Morgan fingerprint density at radius 3 is 2.10 bits per heavy atom. The van der Waals surface area contributed by atoms with Crippen molar-refractivity contribution in [2.75, 3.05) is 46.2 Å². The smallest absolute Gasteiger partial charge is 0.408 e. The summed E-state index contributed by atoms with van der Waals surface area (Å²) in [4.78, 5) is 156. The molecule has 1 unspecified atom stereocenters. The van der Waals surface area contributed by atoms with Crippen LogP contribution in [0.2, 0.25) is 0 Å². The molecule has 11 atom stereocenters. The molecule has 2 saturated heterocycles. The van der Waals surface area contributed by atoms with Crippen molar-refractivity contribution in [2.45, 2.75) is 205 Å². The van der Waals surface area contributed by atoms with E-state index in [0.29, 0.717) is 62.7 Å². The number of rotatable bonds is 38. The predicted octanol–water partition coefficient (Wildman–Crippen LogP) is 5.94. The van der Waals surface area contributed by atoms with E-state index in [9.17, 15) is 52.7 Å². The molecule has 3 aromatic rings. The second kappa shape index (κ2) is 38.3. The number of hydrogen-bond acceptors (Lipinski definition) is 17. The van der Waals surface area contributed by atoms with Gasteiger partial charge in [0.1, 0.15) is 35.3 Å². The van der Waals surface area contributed by atoms with Crippen molar-refractivity contribution >= 4 is 94.9 Å². The Hall–Kier alpha value is -7.69. The van der Waals surface area contributed by atoms with E-state index in [1.54, 1.807) is 82.1 Å². The van der Waals surface area contributed by atoms with Crippen LogP contribution < -0.4 is 43.0 Å². The SMILES string of the molecule is CC[C@H](C)[C@@H]([C@@H](CC(=O)N1CCC[C@H]1[C@H](OC)[C@@H](C)C(=O)N[C@@H](Cc1ccccc1)c1nccs1)OC)N(C)C(=O)[C@@H](NC(=O)C(C)(C)NC(=O)OCc1ccc(NC(=O)[C@H](CCCNC(N)=O)NC(=O)[C@@H](NC(=O)CCCCCN2C(=O)CC(S)C2=O)C(C)C)cc1)C(C)C. The number of nitrogens with zero attached hydrogens (tertiary/aromatic N) is 4. The van der Waals surface area contributed by atoms with E-state index < -0.39 is 107 Å². The molecule has 0 spiro atoms. The molecule has 2 fully saturated rings. The lowest BCUT2D eigenvalue weighted by Crippen LogP contribution is -2.62. The first-order valence-electron chi connectivity index (χ1n) is 33.2. The van der Waals surface area contributed by atoms with Crippen molar-refractivity contribution in [1.82, 2.24) is 51.6 Å². The molecular formula is C68H102N12O14S2. The monoisotopic (exact) mass is 1370 g/mol. The number of ether oxygens (including phenoxy) is 3. The van der Waals surface area contributed by atoms with Gasteiger partial charge in [-0.15, -0.1) is 11.3 Å². The quantitative estimate of drug-likeness (QED) is 0.0182. The molecule has 0 bridgehead atoms. The number of carbonyl (C=O) groups excluding carboxylic acids is 11. The van der Waals surface area contributed by atoms with Crippen LogP contribution in [0.1, 0.15) is 155 Å². The molecule has 1 aromatic heterocycles. The van der Waals surface area contributed by atoms with Crippen molar-refractivity contribution in [1.29, 1.82) is 0 Å². The molecular weight excluding hydrogens is 1270 g/mol. The third-order valence-corrected chi connectivity index (χ3v) is 19.1. The van der Waals surface area contributed by atoms with Gasteiger partial charge in [0.2, 0.25) is 53.2 Å². The second-order valence-corrected chi connectivity index (χ2v) is 27.7. The van der Waals surface area contributed by atoms with E-state index in [0.717, 1.165) is 10.6 Å². The highest BCUT2D eigenvalue weighted by molar-refractivity contribution is 7.81. The zero-order valence-corrected chi connectivity index (χ0v) is 59.3. The molecule has 28 heteroatoms. The minimum atomic E-state index is -1.59. The summed E-state index contributed by atoms with van der Waals surface area (Å²) in [7, 11) is 4.69. The molecule has 0 radical (unpaired) electrons. The standard InChI is InChI=1S/C68H102N12O14S2/c1-13-42(6)57(50(92-11)37-53(82)79-34-21-25-49(79)58(93-12)43(7)59(84)74-48(62-70-32-35-96-62)36-44-22-16-14-17-23-44)78(10)64(88)56(41(4)5)76-65(89)68(8,9)77-67(91)94-39-45-27-29-46(30-28-45)72-60(85)47(24-20-31-71-66(69)90)73-61(86)55(40(2)3)75-52(81)26-18-15-19-33-80-54(83)38-51(95)63(80)87/h14,16-17,22-23,27-30,32,35,40-43,47-51,55-58,95H,13,15,18-21,24-26,31,33-34,36-39H2,1-12H3,(H,72,85)(H,73,86)(H,74,84)(H,75,81)(H,76,89)(H,77,91)(H3,69,71,90)/t42-,43+,47-,48-,49-,50+,51?,55-,56-,57-,58+/m0/s1. The number of likely N-dealkylation sites (N-methyl/N-ethyl adjacent to an activating group) is 1. The lowest BCUT2D eigenvalue weighted by atomic mass is 9.89. The van der Waals surface area contributed by atoms with Gasteiger partial charge in [-0.2, -0.15) is 12.6 Å². The highest BCUT2D eigenvalue weighted by atomic mass is 32.1. The Kier molecular flexibility index (Phi) is 31.5. The summed E-state index contributed by atoms with van der Waals surface area (Å²) in [6.45, 7) is 16.3. The number of likely N-dealkylation sites (tertiary alicyclic amines) is 2. The number of primary amides is 1. The lowest BCUT2D eigenvalue weighted by Gasteiger charge is -2.41. The minimum Gasteiger partial charge on any atom is -0.445 e. The van der Waals surface area contributed by atoms with Crippen molar-refractivity contribution in [2.24, 2.45) is 29.4 Å². The summed E-state index contributed by atoms with van der Waals surface area (Å²) in [5.41, 5.74) is 5.54. The largest absolute Gasteiger partial charge is 0.445 e. The summed E-state index contributed by atoms with van der Waals surface area (Å²) < 4.78 is 17.7. The van der Waals surface area contributed by atoms with Gasteiger partial charge in [0.15, 0.2) is 0 Å². The molecule has 0 aliphatic carbocycles. The maximum Gasteiger partial charge on any atom is 0.408 e. The first-order valence-corrected chi connectivity index (χ1v) is 34.6. The predicted molar refractivity (Wildman–Crippen MR) is 367 cm³/mol. The third-order valence-electron chi connectivity index (χ3n) is 17.8. The fourth-order valence-electron chi connectivity index (χ4n) is 12.0. The fraction of sp³-hybridized carbons (Fsp3) is 0.618. The van der Waals surface area contributed by atoms with Crippen LogP contribution in [-0.4, -0.2) is 179 Å². The number of anilines is 1. The van der Waals surface area contributed by atoms with Gasteiger partial charge in [0.25, 0.3) is 0 Å². The van der Waals surface area contributed by atoms with Gasteiger partial charge >= 0.3 is 12.1 Å². The van der Waals surface area contributed by atoms with Crippen molar-refractivity contribution < 1.29 is 67.0 Å². The molecule has 12 amide bonds. The number of imide groups is 1. The average Bonchev–Trinajstić information content (AvgIpc) is 1.02. The highest BCUT2D eigenvalue weighted by Crippen LogP contribution is 2.31. The fourth-order valence-corrected chi connectivity index (χ4v) is 13.0.